The number of hydrogen-bond acceptors (Lipinski definition) is 7. The maximum atomic E-state index is 13.3. The molecule has 0 saturated carbocycles. The highest BCUT2D eigenvalue weighted by Gasteiger charge is 2.21. The van der Waals surface area contributed by atoms with Crippen LogP contribution in [0, 0.1) is 0 Å². The molecule has 0 unspecified atom stereocenters. The fourth-order valence-corrected chi connectivity index (χ4v) is 3.92. The van der Waals surface area contributed by atoms with Gasteiger partial charge in [-0.05, 0) is 35.8 Å². The van der Waals surface area contributed by atoms with Gasteiger partial charge < -0.3 is 10.2 Å². The van der Waals surface area contributed by atoms with E-state index < -0.39 is 5.43 Å². The summed E-state index contributed by atoms with van der Waals surface area (Å²) in [4.78, 5) is 26.1. The molecule has 0 radical (unpaired) electrons. The summed E-state index contributed by atoms with van der Waals surface area (Å²) in [5.41, 5.74) is 7.54. The van der Waals surface area contributed by atoms with E-state index in [4.69, 9.17) is 10.2 Å². The predicted molar refractivity (Wildman–Crippen MR) is 127 cm³/mol. The van der Waals surface area contributed by atoms with Crippen molar-refractivity contribution in [2.75, 3.05) is 5.73 Å². The number of nitrogens with zero attached hydrogens (tertiary/aromatic N) is 3. The number of para-hydroxylation sites is 1. The van der Waals surface area contributed by atoms with Gasteiger partial charge in [-0.25, -0.2) is 0 Å². The average Bonchev–Trinajstić information content (AvgIpc) is 3.38. The molecule has 0 fully saturated rings. The molecule has 8 nitrogen and oxygen atoms in total. The van der Waals surface area contributed by atoms with Crippen molar-refractivity contribution in [2.24, 2.45) is 0 Å². The molecule has 0 saturated heterocycles. The molecule has 2 heterocycles. The molecule has 0 atom stereocenters. The Labute approximate surface area is 191 Å². The van der Waals surface area contributed by atoms with E-state index >= 15 is 0 Å². The van der Waals surface area contributed by atoms with Gasteiger partial charge in [-0.15, -0.1) is 10.2 Å². The molecule has 0 amide bonds. The zero-order valence-electron chi connectivity index (χ0n) is 18.6. The topological polar surface area (TPSA) is 128 Å². The van der Waals surface area contributed by atoms with Gasteiger partial charge in [0.05, 0.1) is 10.9 Å². The number of anilines is 1. The molecule has 0 bridgehead atoms. The van der Waals surface area contributed by atoms with Gasteiger partial charge in [0.25, 0.3) is 0 Å². The number of hydrogen-bond donors (Lipinski definition) is 2. The molecule has 0 spiro atoms. The molecule has 3 N–H and O–H groups in total. The summed E-state index contributed by atoms with van der Waals surface area (Å²) in [6.45, 7) is 2.22. The number of tetrazole rings is 1. The molecule has 170 valence electrons. The lowest BCUT2D eigenvalue weighted by Crippen LogP contribution is -2.12. The Bertz CT molecular complexity index is 1290. The summed E-state index contributed by atoms with van der Waals surface area (Å²) in [6, 6.07) is 12.5. The van der Waals surface area contributed by atoms with E-state index in [0.717, 1.165) is 12.8 Å². The van der Waals surface area contributed by atoms with Crippen LogP contribution < -0.4 is 11.2 Å². The quantitative estimate of drug-likeness (QED) is 0.268. The first-order valence-electron chi connectivity index (χ1n) is 11.3. The second kappa shape index (κ2) is 10.2. The number of nitrogen functional groups attached to an aromatic ring is 1. The molecular formula is C25H27N5O3. The Hall–Kier alpha value is -3.81. The molecule has 33 heavy (non-hydrogen) atoms. The van der Waals surface area contributed by atoms with Crippen molar-refractivity contribution >= 4 is 22.4 Å². The second-order valence-electron chi connectivity index (χ2n) is 8.14. The first-order valence-corrected chi connectivity index (χ1v) is 11.3. The molecule has 8 heteroatoms. The van der Waals surface area contributed by atoms with Crippen LogP contribution in [0.3, 0.4) is 0 Å². The Morgan fingerprint density at radius 1 is 1.03 bits per heavy atom. The minimum absolute atomic E-state index is 0.0178. The number of rotatable bonds is 10. The number of fused-ring (bicyclic) bond motifs is 1. The van der Waals surface area contributed by atoms with Crippen LogP contribution in [0.5, 0.6) is 0 Å². The van der Waals surface area contributed by atoms with Crippen LogP contribution in [0.4, 0.5) is 5.69 Å². The van der Waals surface area contributed by atoms with Crippen molar-refractivity contribution in [2.45, 2.75) is 51.9 Å². The number of aromatic amines is 1. The van der Waals surface area contributed by atoms with Crippen molar-refractivity contribution in [1.82, 2.24) is 20.6 Å². The van der Waals surface area contributed by atoms with Crippen LogP contribution in [0.2, 0.25) is 0 Å². The fraction of sp³-hybridized carbons (Fsp3) is 0.320. The molecule has 0 aliphatic carbocycles. The minimum Gasteiger partial charge on any atom is -0.449 e. The van der Waals surface area contributed by atoms with Crippen molar-refractivity contribution in [3.05, 3.63) is 69.4 Å². The Kier molecular flexibility index (Phi) is 6.92. The zero-order chi connectivity index (χ0) is 23.2. The first-order chi connectivity index (χ1) is 16.1. The number of unbranched alkanes of at least 4 members (excludes halogenated alkanes) is 5. The molecule has 2 aromatic carbocycles. The Balaban J connectivity index is 1.57. The molecule has 0 aliphatic rings. The third-order valence-electron chi connectivity index (χ3n) is 5.78. The number of carbonyl (C=O) groups excluding carboxylic acids is 1. The highest BCUT2D eigenvalue weighted by Crippen LogP contribution is 2.27. The van der Waals surface area contributed by atoms with Crippen LogP contribution in [-0.2, 0) is 6.42 Å². The normalized spacial score (nSPS) is 11.2. The SMILES string of the molecule is CCCCCCCCc1ccc(C(=O)c2cccc3c(=O)c(N)c(-c4nn[nH]n4)oc23)cc1. The van der Waals surface area contributed by atoms with E-state index in [2.05, 4.69) is 27.5 Å². The summed E-state index contributed by atoms with van der Waals surface area (Å²) in [5.74, 6) is -0.206. The van der Waals surface area contributed by atoms with E-state index in [1.165, 1.54) is 37.7 Å². The van der Waals surface area contributed by atoms with Crippen LogP contribution in [-0.4, -0.2) is 26.4 Å². The van der Waals surface area contributed by atoms with Crippen LogP contribution in [0.25, 0.3) is 22.6 Å². The van der Waals surface area contributed by atoms with Gasteiger partial charge in [-0.1, -0.05) is 69.4 Å². The minimum atomic E-state index is -0.444. The summed E-state index contributed by atoms with van der Waals surface area (Å²) < 4.78 is 5.88. The van der Waals surface area contributed by atoms with Gasteiger partial charge in [0.1, 0.15) is 11.3 Å². The monoisotopic (exact) mass is 445 g/mol. The van der Waals surface area contributed by atoms with E-state index in [0.29, 0.717) is 5.56 Å². The predicted octanol–water partition coefficient (Wildman–Crippen LogP) is 4.69. The Morgan fingerprint density at radius 2 is 1.79 bits per heavy atom. The first kappa shape index (κ1) is 22.4. The molecule has 4 aromatic rings. The van der Waals surface area contributed by atoms with Crippen molar-refractivity contribution < 1.29 is 9.21 Å². The number of aromatic nitrogens is 4. The summed E-state index contributed by atoms with van der Waals surface area (Å²) in [7, 11) is 0. The highest BCUT2D eigenvalue weighted by molar-refractivity contribution is 6.15. The van der Waals surface area contributed by atoms with Crippen molar-refractivity contribution in [1.29, 1.82) is 0 Å². The summed E-state index contributed by atoms with van der Waals surface area (Å²) in [6.07, 6.45) is 8.48. The van der Waals surface area contributed by atoms with E-state index in [-0.39, 0.29) is 39.6 Å². The number of carbonyl (C=O) groups is 1. The van der Waals surface area contributed by atoms with Crippen LogP contribution >= 0.6 is 0 Å². The highest BCUT2D eigenvalue weighted by atomic mass is 16.3. The fourth-order valence-electron chi connectivity index (χ4n) is 3.92. The number of H-pyrrole nitrogens is 1. The third-order valence-corrected chi connectivity index (χ3v) is 5.78. The summed E-state index contributed by atoms with van der Waals surface area (Å²) in [5, 5.41) is 13.7. The van der Waals surface area contributed by atoms with Gasteiger partial charge >= 0.3 is 0 Å². The molecule has 0 aliphatic heterocycles. The van der Waals surface area contributed by atoms with Crippen molar-refractivity contribution in [3.8, 4) is 11.6 Å². The standard InChI is InChI=1S/C25H27N5O3/c1-2-3-4-5-6-7-9-16-12-14-17(15-13-16)21(31)18-10-8-11-19-22(32)20(26)24(33-23(18)19)25-27-29-30-28-25/h8,10-15H,2-7,9,26H2,1H3,(H,27,28,29,30). The van der Waals surface area contributed by atoms with Crippen molar-refractivity contribution in [3.63, 3.8) is 0 Å². The van der Waals surface area contributed by atoms with Gasteiger partial charge in [0.15, 0.2) is 5.78 Å². The third kappa shape index (κ3) is 4.84. The second-order valence-corrected chi connectivity index (χ2v) is 8.14. The van der Waals surface area contributed by atoms with Gasteiger partial charge in [-0.2, -0.15) is 5.21 Å². The number of ketones is 1. The molecule has 2 aromatic heterocycles. The maximum Gasteiger partial charge on any atom is 0.242 e. The lowest BCUT2D eigenvalue weighted by molar-refractivity contribution is 0.103. The maximum absolute atomic E-state index is 13.3. The number of nitrogens with one attached hydrogen (secondary N) is 1. The lowest BCUT2D eigenvalue weighted by atomic mass is 9.98. The summed E-state index contributed by atoms with van der Waals surface area (Å²) >= 11 is 0. The van der Waals surface area contributed by atoms with Gasteiger partial charge in [-0.3, -0.25) is 9.59 Å². The number of aryl methyl sites for hydroxylation is 1. The zero-order valence-corrected chi connectivity index (χ0v) is 18.6. The number of nitrogens with two attached hydrogens (primary N) is 1. The van der Waals surface area contributed by atoms with E-state index in [1.807, 2.05) is 24.3 Å². The van der Waals surface area contributed by atoms with Crippen LogP contribution in [0.1, 0.15) is 66.9 Å². The van der Waals surface area contributed by atoms with E-state index in [1.54, 1.807) is 18.2 Å². The number of benzene rings is 2. The van der Waals surface area contributed by atoms with E-state index in [9.17, 15) is 9.59 Å². The average molecular weight is 446 g/mol. The largest absolute Gasteiger partial charge is 0.449 e. The lowest BCUT2D eigenvalue weighted by Gasteiger charge is -2.08. The molecular weight excluding hydrogens is 418 g/mol. The van der Waals surface area contributed by atoms with Gasteiger partial charge in [0.2, 0.25) is 17.0 Å². The molecule has 4 rings (SSSR count). The Morgan fingerprint density at radius 3 is 2.52 bits per heavy atom. The van der Waals surface area contributed by atoms with Crippen LogP contribution in [0.15, 0.2) is 51.7 Å². The smallest absolute Gasteiger partial charge is 0.242 e. The van der Waals surface area contributed by atoms with Gasteiger partial charge in [0, 0.05) is 5.56 Å².